The molecular weight excluding hydrogens is 646 g/mol. The lowest BCUT2D eigenvalue weighted by Gasteiger charge is -2.24. The lowest BCUT2D eigenvalue weighted by Crippen LogP contribution is -2.39. The van der Waals surface area contributed by atoms with Gasteiger partial charge < -0.3 is 29.3 Å². The quantitative estimate of drug-likeness (QED) is 0.0797. The average Bonchev–Trinajstić information content (AvgIpc) is 3.60. The lowest BCUT2D eigenvalue weighted by molar-refractivity contribution is -0.442. The molecule has 0 atom stereocenters. The molecule has 0 unspecified atom stereocenters. The topological polar surface area (TPSA) is 124 Å². The Morgan fingerprint density at radius 2 is 1.29 bits per heavy atom. The smallest absolute Gasteiger partial charge is 0.382 e. The van der Waals surface area contributed by atoms with Crippen LogP contribution in [0.2, 0.25) is 0 Å². The Hall–Kier alpha value is -6.68. The normalized spacial score (nSPS) is 14.3. The number of carbonyl (C=O) groups is 2. The van der Waals surface area contributed by atoms with Crippen LogP contribution in [0.25, 0.3) is 16.5 Å². The Kier molecular flexibility index (Phi) is 9.30. The Balaban J connectivity index is 1.40. The minimum absolute atomic E-state index is 0.0101. The molecule has 51 heavy (non-hydrogen) atoms. The zero-order valence-corrected chi connectivity index (χ0v) is 27.7. The van der Waals surface area contributed by atoms with Crippen LogP contribution < -0.4 is 14.2 Å². The number of H-pyrrole nitrogens is 1. The zero-order chi connectivity index (χ0) is 35.3. The van der Waals surface area contributed by atoms with Crippen molar-refractivity contribution in [2.24, 2.45) is 0 Å². The van der Waals surface area contributed by atoms with Crippen LogP contribution in [-0.4, -0.2) is 33.6 Å². The van der Waals surface area contributed by atoms with Gasteiger partial charge in [-0.2, -0.15) is 4.90 Å². The molecule has 7 rings (SSSR count). The van der Waals surface area contributed by atoms with E-state index in [1.54, 1.807) is 48.5 Å². The van der Waals surface area contributed by atoms with Gasteiger partial charge in [-0.1, -0.05) is 97.1 Å². The van der Waals surface area contributed by atoms with E-state index < -0.39 is 22.4 Å². The highest BCUT2D eigenvalue weighted by Gasteiger charge is 2.42. The van der Waals surface area contributed by atoms with Crippen LogP contribution in [0.3, 0.4) is 0 Å². The molecule has 1 amide bonds. The van der Waals surface area contributed by atoms with Crippen molar-refractivity contribution in [2.75, 3.05) is 7.11 Å². The highest BCUT2D eigenvalue weighted by atomic mass is 16.6. The number of benzene rings is 5. The molecule has 0 bridgehead atoms. The number of hydrogen-bond acceptors (Lipinski definition) is 7. The molecule has 0 saturated heterocycles. The van der Waals surface area contributed by atoms with Crippen molar-refractivity contribution in [3.63, 3.8) is 0 Å². The maximum absolute atomic E-state index is 14.0. The number of nitro groups is 1. The van der Waals surface area contributed by atoms with Crippen molar-refractivity contribution in [3.05, 3.63) is 177 Å². The molecule has 0 radical (unpaired) electrons. The van der Waals surface area contributed by atoms with Gasteiger partial charge in [-0.15, -0.1) is 0 Å². The predicted octanol–water partition coefficient (Wildman–Crippen LogP) is 7.75. The van der Waals surface area contributed by atoms with Crippen molar-refractivity contribution in [3.8, 4) is 17.2 Å². The van der Waals surface area contributed by atoms with Gasteiger partial charge in [0.25, 0.3) is 5.78 Å². The molecule has 1 aliphatic rings. The number of aromatic nitrogens is 1. The fraction of sp³-hybridized carbons (Fsp3) is 0.122. The second-order valence-corrected chi connectivity index (χ2v) is 12.0. The number of rotatable bonds is 12. The summed E-state index contributed by atoms with van der Waals surface area (Å²) in [6.07, 6.45) is 1.47. The molecule has 1 aromatic heterocycles. The van der Waals surface area contributed by atoms with Crippen LogP contribution in [0.15, 0.2) is 133 Å². The molecule has 0 aliphatic carbocycles. The molecule has 5 aromatic carbocycles. The van der Waals surface area contributed by atoms with Crippen molar-refractivity contribution in [1.29, 1.82) is 0 Å². The first kappa shape index (κ1) is 32.8. The summed E-state index contributed by atoms with van der Waals surface area (Å²) in [7, 11) is 1.53. The predicted molar refractivity (Wildman–Crippen MR) is 192 cm³/mol. The molecule has 0 fully saturated rings. The summed E-state index contributed by atoms with van der Waals surface area (Å²) in [6.45, 7) is 0.289. The van der Waals surface area contributed by atoms with Crippen molar-refractivity contribution in [1.82, 2.24) is 9.88 Å². The monoisotopic (exact) mass is 679 g/mol. The van der Waals surface area contributed by atoms with Crippen LogP contribution in [0.5, 0.6) is 17.2 Å². The fourth-order valence-corrected chi connectivity index (χ4v) is 6.32. The van der Waals surface area contributed by atoms with E-state index in [9.17, 15) is 19.7 Å². The van der Waals surface area contributed by atoms with Crippen LogP contribution >= 0.6 is 0 Å². The summed E-state index contributed by atoms with van der Waals surface area (Å²) in [5.74, 6) is -1.11. The van der Waals surface area contributed by atoms with E-state index in [0.717, 1.165) is 16.0 Å². The van der Waals surface area contributed by atoms with Gasteiger partial charge in [0.05, 0.1) is 18.2 Å². The van der Waals surface area contributed by atoms with Gasteiger partial charge in [-0.3, -0.25) is 4.79 Å². The largest absolute Gasteiger partial charge is 0.493 e. The van der Waals surface area contributed by atoms with Gasteiger partial charge in [0.1, 0.15) is 25.5 Å². The number of ketones is 1. The molecule has 6 aromatic rings. The molecule has 10 heteroatoms. The van der Waals surface area contributed by atoms with E-state index in [2.05, 4.69) is 4.98 Å². The highest BCUT2D eigenvalue weighted by molar-refractivity contribution is 6.45. The third-order valence-corrected chi connectivity index (χ3v) is 8.76. The first-order valence-electron chi connectivity index (χ1n) is 16.3. The number of nitrogens with zero attached hydrogens (tertiary/aromatic N) is 2. The van der Waals surface area contributed by atoms with Crippen molar-refractivity contribution in [2.45, 2.75) is 26.2 Å². The summed E-state index contributed by atoms with van der Waals surface area (Å²) in [4.78, 5) is 44.7. The SMILES string of the molecule is COc1cc(C/C2=C(\[N+](=O)[O-])N(Cc3ccccc3)C(=O)C(=O)c3c[nH]c4ccc(OCc5ccccc5)c2c34)ccc1OCc1ccccc1. The van der Waals surface area contributed by atoms with Gasteiger partial charge in [0.2, 0.25) is 0 Å². The Bertz CT molecular complexity index is 2270. The number of Topliss-reactive ketones (excluding diaryl/α,β-unsaturated/α-hetero) is 1. The van der Waals surface area contributed by atoms with Crippen LogP contribution in [-0.2, 0) is 31.0 Å². The first-order valence-corrected chi connectivity index (χ1v) is 16.3. The number of amides is 1. The van der Waals surface area contributed by atoms with Gasteiger partial charge >= 0.3 is 11.7 Å². The maximum Gasteiger partial charge on any atom is 0.382 e. The molecule has 1 N–H and O–H groups in total. The Labute approximate surface area is 293 Å². The summed E-state index contributed by atoms with van der Waals surface area (Å²) in [5, 5.41) is 13.7. The van der Waals surface area contributed by atoms with E-state index in [1.807, 2.05) is 72.8 Å². The number of allylic oxidation sites excluding steroid dienone is 1. The minimum atomic E-state index is -1.01. The van der Waals surface area contributed by atoms with E-state index in [-0.39, 0.29) is 30.7 Å². The van der Waals surface area contributed by atoms with Crippen molar-refractivity contribution < 1.29 is 28.7 Å². The second-order valence-electron chi connectivity index (χ2n) is 12.0. The molecule has 0 spiro atoms. The van der Waals surface area contributed by atoms with Crippen LogP contribution in [0.1, 0.15) is 38.2 Å². The molecule has 2 heterocycles. The first-order chi connectivity index (χ1) is 24.9. The number of ether oxygens (including phenoxy) is 3. The number of aromatic amines is 1. The molecule has 10 nitrogen and oxygen atoms in total. The van der Waals surface area contributed by atoms with E-state index in [4.69, 9.17) is 14.2 Å². The van der Waals surface area contributed by atoms with Gasteiger partial charge in [0, 0.05) is 29.1 Å². The van der Waals surface area contributed by atoms with Gasteiger partial charge in [-0.25, -0.2) is 4.79 Å². The fourth-order valence-electron chi connectivity index (χ4n) is 6.32. The number of nitrogens with one attached hydrogen (secondary N) is 1. The molecule has 254 valence electrons. The minimum Gasteiger partial charge on any atom is -0.493 e. The van der Waals surface area contributed by atoms with E-state index >= 15 is 0 Å². The van der Waals surface area contributed by atoms with E-state index in [0.29, 0.717) is 51.4 Å². The summed E-state index contributed by atoms with van der Waals surface area (Å²) >= 11 is 0. The molecule has 1 aliphatic heterocycles. The maximum atomic E-state index is 14.0. The standard InChI is InChI=1S/C41H33N3O7/c1-49-36-22-30(17-19-34(36)50-25-28-13-7-3-8-14-28)21-31-38-35(51-26-29-15-9-4-10-16-29)20-18-33-37(38)32(23-42-33)39(45)41(46)43(40(31)44(47)48)24-27-11-5-2-6-12-27/h2-20,22-23,42H,21,24-26H2,1H3/b40-31+. The Morgan fingerprint density at radius 3 is 1.90 bits per heavy atom. The molecule has 0 saturated carbocycles. The number of methoxy groups -OCH3 is 1. The van der Waals surface area contributed by atoms with Gasteiger partial charge in [0.15, 0.2) is 11.5 Å². The second kappa shape index (κ2) is 14.4. The third-order valence-electron chi connectivity index (χ3n) is 8.76. The van der Waals surface area contributed by atoms with Crippen LogP contribution in [0, 0.1) is 10.1 Å². The lowest BCUT2D eigenvalue weighted by atomic mass is 9.90. The number of carbonyl (C=O) groups excluding carboxylic acids is 2. The highest BCUT2D eigenvalue weighted by Crippen LogP contribution is 2.42. The molecular formula is C41H33N3O7. The zero-order valence-electron chi connectivity index (χ0n) is 27.7. The summed E-state index contributed by atoms with van der Waals surface area (Å²) in [5.41, 5.74) is 4.33. The summed E-state index contributed by atoms with van der Waals surface area (Å²) in [6, 6.07) is 36.9. The van der Waals surface area contributed by atoms with E-state index in [1.165, 1.54) is 13.3 Å². The van der Waals surface area contributed by atoms with Crippen molar-refractivity contribution >= 4 is 28.2 Å². The number of hydrogen-bond donors (Lipinski definition) is 1. The summed E-state index contributed by atoms with van der Waals surface area (Å²) < 4.78 is 18.2. The van der Waals surface area contributed by atoms with Gasteiger partial charge in [-0.05, 0) is 51.4 Å². The Morgan fingerprint density at radius 1 is 0.706 bits per heavy atom. The van der Waals surface area contributed by atoms with Crippen LogP contribution in [0.4, 0.5) is 0 Å². The average molecular weight is 680 g/mol. The third kappa shape index (κ3) is 6.80.